The maximum Gasteiger partial charge on any atom is 0.338 e. The zero-order chi connectivity index (χ0) is 30.1. The molecule has 4 aromatic carbocycles. The fourth-order valence-corrected chi connectivity index (χ4v) is 5.22. The SMILES string of the molecule is O=C(COC(=O)c1ccc(N2C(=O)CC(NNC(=O)c3ccc(O)cc3)C2=O)cc1)c1ccc2c(c1)Cc1ccccc1-2. The van der Waals surface area contributed by atoms with Gasteiger partial charge in [0.2, 0.25) is 5.91 Å². The molecule has 0 aromatic heterocycles. The first kappa shape index (κ1) is 27.6. The van der Waals surface area contributed by atoms with Crippen molar-refractivity contribution in [3.63, 3.8) is 0 Å². The molecule has 0 bridgehead atoms. The Morgan fingerprint density at radius 1 is 0.814 bits per heavy atom. The maximum absolute atomic E-state index is 12.9. The van der Waals surface area contributed by atoms with Crippen LogP contribution >= 0.6 is 0 Å². The third-order valence-electron chi connectivity index (χ3n) is 7.45. The number of benzene rings is 4. The standard InChI is InChI=1S/C33H25N3O7/c37-25-12-7-19(8-13-25)31(40)35-34-28-17-30(39)36(32(28)41)24-10-5-20(6-11-24)33(42)43-18-29(38)22-9-14-27-23(16-22)15-21-3-1-2-4-26(21)27/h1-14,16,28,34,37H,15,17-18H2,(H,35,40). The van der Waals surface area contributed by atoms with Gasteiger partial charge in [0.15, 0.2) is 12.4 Å². The van der Waals surface area contributed by atoms with E-state index in [1.54, 1.807) is 6.07 Å². The number of ketones is 1. The Kier molecular flexibility index (Phi) is 7.27. The minimum atomic E-state index is -0.988. The molecule has 1 heterocycles. The van der Waals surface area contributed by atoms with Crippen LogP contribution in [-0.4, -0.2) is 47.2 Å². The molecule has 1 atom stereocenters. The lowest BCUT2D eigenvalue weighted by Gasteiger charge is -2.16. The highest BCUT2D eigenvalue weighted by Gasteiger charge is 2.39. The Morgan fingerprint density at radius 2 is 1.49 bits per heavy atom. The van der Waals surface area contributed by atoms with Crippen molar-refractivity contribution in [3.05, 3.63) is 119 Å². The van der Waals surface area contributed by atoms with Gasteiger partial charge in [-0.25, -0.2) is 15.1 Å². The molecule has 43 heavy (non-hydrogen) atoms. The maximum atomic E-state index is 12.9. The van der Waals surface area contributed by atoms with E-state index in [0.717, 1.165) is 28.0 Å². The second-order valence-electron chi connectivity index (χ2n) is 10.2. The molecule has 1 fully saturated rings. The molecule has 0 spiro atoms. The highest BCUT2D eigenvalue weighted by molar-refractivity contribution is 6.22. The van der Waals surface area contributed by atoms with Gasteiger partial charge < -0.3 is 9.84 Å². The summed E-state index contributed by atoms with van der Waals surface area (Å²) in [6.07, 6.45) is 0.557. The first-order valence-corrected chi connectivity index (χ1v) is 13.5. The average Bonchev–Trinajstić information content (AvgIpc) is 3.54. The predicted octanol–water partition coefficient (Wildman–Crippen LogP) is 3.57. The number of fused-ring (bicyclic) bond motifs is 3. The van der Waals surface area contributed by atoms with Crippen LogP contribution in [-0.2, 0) is 20.7 Å². The van der Waals surface area contributed by atoms with Crippen molar-refractivity contribution in [1.29, 1.82) is 0 Å². The van der Waals surface area contributed by atoms with E-state index in [-0.39, 0.29) is 34.8 Å². The highest BCUT2D eigenvalue weighted by Crippen LogP contribution is 2.36. The number of aromatic hydroxyl groups is 1. The molecule has 3 N–H and O–H groups in total. The lowest BCUT2D eigenvalue weighted by atomic mass is 10.0. The van der Waals surface area contributed by atoms with Crippen LogP contribution < -0.4 is 15.8 Å². The summed E-state index contributed by atoms with van der Waals surface area (Å²) in [5.74, 6) is -2.64. The Labute approximate surface area is 245 Å². The number of nitrogens with one attached hydrogen (secondary N) is 2. The molecule has 6 rings (SSSR count). The fraction of sp³-hybridized carbons (Fsp3) is 0.121. The quantitative estimate of drug-likeness (QED) is 0.110. The summed E-state index contributed by atoms with van der Waals surface area (Å²) in [6, 6.07) is 23.8. The normalized spacial score (nSPS) is 15.2. The zero-order valence-electron chi connectivity index (χ0n) is 22.7. The van der Waals surface area contributed by atoms with Crippen molar-refractivity contribution in [1.82, 2.24) is 10.9 Å². The van der Waals surface area contributed by atoms with Gasteiger partial charge in [-0.15, -0.1) is 0 Å². The van der Waals surface area contributed by atoms with Crippen LogP contribution in [0.2, 0.25) is 0 Å². The lowest BCUT2D eigenvalue weighted by Crippen LogP contribution is -2.48. The molecule has 214 valence electrons. The topological polar surface area (TPSA) is 142 Å². The van der Waals surface area contributed by atoms with E-state index >= 15 is 0 Å². The van der Waals surface area contributed by atoms with Crippen molar-refractivity contribution in [2.75, 3.05) is 11.5 Å². The van der Waals surface area contributed by atoms with E-state index in [2.05, 4.69) is 23.0 Å². The second-order valence-corrected chi connectivity index (χ2v) is 10.2. The molecule has 10 nitrogen and oxygen atoms in total. The number of phenols is 1. The lowest BCUT2D eigenvalue weighted by molar-refractivity contribution is -0.121. The van der Waals surface area contributed by atoms with Crippen LogP contribution in [0.4, 0.5) is 5.69 Å². The van der Waals surface area contributed by atoms with E-state index in [9.17, 15) is 29.1 Å². The second kappa shape index (κ2) is 11.3. The third kappa shape index (κ3) is 5.51. The number of hydrogen-bond donors (Lipinski definition) is 3. The summed E-state index contributed by atoms with van der Waals surface area (Å²) in [4.78, 5) is 64.2. The minimum Gasteiger partial charge on any atom is -0.508 e. The van der Waals surface area contributed by atoms with Crippen molar-refractivity contribution in [3.8, 4) is 16.9 Å². The number of hydrazine groups is 1. The van der Waals surface area contributed by atoms with Crippen LogP contribution in [0.25, 0.3) is 11.1 Å². The van der Waals surface area contributed by atoms with Gasteiger partial charge in [-0.2, -0.15) is 0 Å². The van der Waals surface area contributed by atoms with Gasteiger partial charge in [-0.1, -0.05) is 36.4 Å². The van der Waals surface area contributed by atoms with Gasteiger partial charge in [-0.05, 0) is 83.3 Å². The van der Waals surface area contributed by atoms with Crippen molar-refractivity contribution in [2.24, 2.45) is 0 Å². The van der Waals surface area contributed by atoms with Crippen LogP contribution in [0.5, 0.6) is 5.75 Å². The number of Topliss-reactive ketones (excluding diaryl/α,β-unsaturated/α-hetero) is 1. The van der Waals surface area contributed by atoms with Gasteiger partial charge in [0, 0.05) is 11.1 Å². The molecule has 0 radical (unpaired) electrons. The summed E-state index contributed by atoms with van der Waals surface area (Å²) in [6.45, 7) is -0.432. The van der Waals surface area contributed by atoms with Crippen LogP contribution in [0.3, 0.4) is 0 Å². The molecule has 4 aromatic rings. The number of imide groups is 1. The van der Waals surface area contributed by atoms with Crippen LogP contribution in [0.1, 0.15) is 48.6 Å². The number of esters is 1. The molecule has 0 saturated carbocycles. The number of carbonyl (C=O) groups excluding carboxylic acids is 5. The number of phenolic OH excluding ortho intramolecular Hbond substituents is 1. The number of rotatable bonds is 8. The Bertz CT molecular complexity index is 1780. The first-order chi connectivity index (χ1) is 20.8. The monoisotopic (exact) mass is 575 g/mol. The number of amides is 3. The predicted molar refractivity (Wildman–Crippen MR) is 155 cm³/mol. The smallest absolute Gasteiger partial charge is 0.338 e. The van der Waals surface area contributed by atoms with Gasteiger partial charge >= 0.3 is 5.97 Å². The van der Waals surface area contributed by atoms with Gasteiger partial charge in [-0.3, -0.25) is 24.6 Å². The highest BCUT2D eigenvalue weighted by atomic mass is 16.5. The van der Waals surface area contributed by atoms with Crippen molar-refractivity contribution in [2.45, 2.75) is 18.9 Å². The van der Waals surface area contributed by atoms with Gasteiger partial charge in [0.1, 0.15) is 11.8 Å². The molecule has 2 aliphatic rings. The van der Waals surface area contributed by atoms with Gasteiger partial charge in [0.05, 0.1) is 17.7 Å². The van der Waals surface area contributed by atoms with Crippen molar-refractivity contribution < 1.29 is 33.8 Å². The fourth-order valence-electron chi connectivity index (χ4n) is 5.22. The number of anilines is 1. The van der Waals surface area contributed by atoms with Gasteiger partial charge in [0.25, 0.3) is 11.8 Å². The number of carbonyl (C=O) groups is 5. The summed E-state index contributed by atoms with van der Waals surface area (Å²) < 4.78 is 5.25. The van der Waals surface area contributed by atoms with E-state index < -0.39 is 36.3 Å². The first-order valence-electron chi connectivity index (χ1n) is 13.5. The molecular formula is C33H25N3O7. The molecular weight excluding hydrogens is 550 g/mol. The molecule has 3 amide bonds. The molecule has 1 aliphatic carbocycles. The molecule has 10 heteroatoms. The van der Waals surface area contributed by atoms with Crippen LogP contribution in [0.15, 0.2) is 91.0 Å². The van der Waals surface area contributed by atoms with E-state index in [1.165, 1.54) is 54.1 Å². The van der Waals surface area contributed by atoms with Crippen LogP contribution in [0, 0.1) is 0 Å². The minimum absolute atomic E-state index is 0.00574. The zero-order valence-corrected chi connectivity index (χ0v) is 22.7. The van der Waals surface area contributed by atoms with Crippen molar-refractivity contribution >= 4 is 35.2 Å². The molecule has 1 unspecified atom stereocenters. The Hall–Kier alpha value is -5.61. The molecule has 1 aliphatic heterocycles. The van der Waals surface area contributed by atoms with E-state index in [0.29, 0.717) is 5.56 Å². The Balaban J connectivity index is 1.03. The third-order valence-corrected chi connectivity index (χ3v) is 7.45. The Morgan fingerprint density at radius 3 is 2.26 bits per heavy atom. The summed E-state index contributed by atoms with van der Waals surface area (Å²) in [7, 11) is 0. The number of nitrogens with zero attached hydrogens (tertiary/aromatic N) is 1. The summed E-state index contributed by atoms with van der Waals surface area (Å²) in [5.41, 5.74) is 10.6. The average molecular weight is 576 g/mol. The molecule has 1 saturated heterocycles. The summed E-state index contributed by atoms with van der Waals surface area (Å²) >= 11 is 0. The summed E-state index contributed by atoms with van der Waals surface area (Å²) in [5, 5.41) is 9.36. The number of hydrogen-bond acceptors (Lipinski definition) is 8. The van der Waals surface area contributed by atoms with E-state index in [4.69, 9.17) is 4.74 Å². The largest absolute Gasteiger partial charge is 0.508 e. The van der Waals surface area contributed by atoms with E-state index in [1.807, 2.05) is 24.3 Å². The number of ether oxygens (including phenoxy) is 1.